The molecule has 2 fully saturated rings. The number of hydrogen-bond donors (Lipinski definition) is 1. The van der Waals surface area contributed by atoms with E-state index in [0.717, 1.165) is 43.2 Å². The van der Waals surface area contributed by atoms with E-state index >= 15 is 0 Å². The van der Waals surface area contributed by atoms with Gasteiger partial charge in [0.05, 0.1) is 12.7 Å². The third kappa shape index (κ3) is 4.91. The van der Waals surface area contributed by atoms with Crippen LogP contribution in [0.3, 0.4) is 0 Å². The second-order valence-electron chi connectivity index (χ2n) is 8.46. The zero-order valence-corrected chi connectivity index (χ0v) is 17.3. The number of ether oxygens (including phenoxy) is 1. The number of nitrogens with two attached hydrogens (primary N) is 1. The third-order valence-corrected chi connectivity index (χ3v) is 6.90. The largest absolute Gasteiger partial charge is 0.374 e. The lowest BCUT2D eigenvalue weighted by Gasteiger charge is -2.38. The standard InChI is InChI=1S/C23H34ClNO/c1-4-17-13-21(11-15(2)23(17)25)26-14-20(16(3)18-9-10-18)12-19-7-5-6-8-22(19)24/h5-8,15,17-18,21,23H,4,9-14,25H2,1-3H3/b20-16-. The van der Waals surface area contributed by atoms with E-state index in [1.165, 1.54) is 29.6 Å². The Bertz CT molecular complexity index is 637. The van der Waals surface area contributed by atoms with Crippen LogP contribution in [0, 0.1) is 17.8 Å². The molecule has 2 saturated carbocycles. The maximum absolute atomic E-state index is 6.45. The molecule has 0 aliphatic heterocycles. The van der Waals surface area contributed by atoms with Crippen LogP contribution in [0.2, 0.25) is 5.02 Å². The van der Waals surface area contributed by atoms with Crippen molar-refractivity contribution in [3.05, 3.63) is 46.0 Å². The fraction of sp³-hybridized carbons (Fsp3) is 0.652. The average Bonchev–Trinajstić information content (AvgIpc) is 3.47. The maximum atomic E-state index is 6.45. The van der Waals surface area contributed by atoms with Gasteiger partial charge in [-0.2, -0.15) is 0 Å². The first-order valence-electron chi connectivity index (χ1n) is 10.3. The summed E-state index contributed by atoms with van der Waals surface area (Å²) < 4.78 is 6.45. The van der Waals surface area contributed by atoms with E-state index in [9.17, 15) is 0 Å². The molecule has 26 heavy (non-hydrogen) atoms. The first kappa shape index (κ1) is 19.9. The van der Waals surface area contributed by atoms with Crippen LogP contribution in [-0.4, -0.2) is 18.8 Å². The van der Waals surface area contributed by atoms with Crippen LogP contribution in [0.15, 0.2) is 35.4 Å². The van der Waals surface area contributed by atoms with E-state index in [2.05, 4.69) is 32.9 Å². The van der Waals surface area contributed by atoms with Crippen LogP contribution in [0.25, 0.3) is 0 Å². The minimum Gasteiger partial charge on any atom is -0.374 e. The monoisotopic (exact) mass is 375 g/mol. The van der Waals surface area contributed by atoms with Crippen molar-refractivity contribution in [1.82, 2.24) is 0 Å². The molecule has 2 nitrogen and oxygen atoms in total. The quantitative estimate of drug-likeness (QED) is 0.613. The predicted octanol–water partition coefficient (Wildman–Crippen LogP) is 5.78. The SMILES string of the molecule is CCC1CC(OC/C(Cc2ccccc2Cl)=C(/C)C2CC2)CC(C)C1N. The molecular weight excluding hydrogens is 342 g/mol. The van der Waals surface area contributed by atoms with Gasteiger partial charge < -0.3 is 10.5 Å². The third-order valence-electron chi connectivity index (χ3n) is 6.53. The van der Waals surface area contributed by atoms with Gasteiger partial charge in [-0.05, 0) is 74.0 Å². The number of halogens is 1. The zero-order valence-electron chi connectivity index (χ0n) is 16.5. The fourth-order valence-electron chi connectivity index (χ4n) is 4.40. The van der Waals surface area contributed by atoms with Crippen LogP contribution < -0.4 is 5.73 Å². The number of benzene rings is 1. The van der Waals surface area contributed by atoms with Crippen molar-refractivity contribution in [3.8, 4) is 0 Å². The highest BCUT2D eigenvalue weighted by atomic mass is 35.5. The van der Waals surface area contributed by atoms with Gasteiger partial charge in [0.1, 0.15) is 0 Å². The van der Waals surface area contributed by atoms with Gasteiger partial charge in [0.2, 0.25) is 0 Å². The van der Waals surface area contributed by atoms with Crippen molar-refractivity contribution in [2.75, 3.05) is 6.61 Å². The van der Waals surface area contributed by atoms with Crippen molar-refractivity contribution in [3.63, 3.8) is 0 Å². The summed E-state index contributed by atoms with van der Waals surface area (Å²) in [6, 6.07) is 8.51. The maximum Gasteiger partial charge on any atom is 0.0686 e. The number of rotatable bonds is 7. The highest BCUT2D eigenvalue weighted by Crippen LogP contribution is 2.39. The topological polar surface area (TPSA) is 35.2 Å². The van der Waals surface area contributed by atoms with E-state index in [-0.39, 0.29) is 0 Å². The Morgan fingerprint density at radius 3 is 2.62 bits per heavy atom. The van der Waals surface area contributed by atoms with Gasteiger partial charge in [-0.15, -0.1) is 0 Å². The van der Waals surface area contributed by atoms with Crippen LogP contribution in [0.4, 0.5) is 0 Å². The van der Waals surface area contributed by atoms with Crippen molar-refractivity contribution in [2.45, 2.75) is 71.4 Å². The highest BCUT2D eigenvalue weighted by Gasteiger charge is 2.33. The Hall–Kier alpha value is -0.830. The zero-order chi connectivity index (χ0) is 18.7. The molecule has 4 atom stereocenters. The molecule has 0 amide bonds. The van der Waals surface area contributed by atoms with E-state index in [1.54, 1.807) is 0 Å². The lowest BCUT2D eigenvalue weighted by atomic mass is 9.75. The molecule has 2 N–H and O–H groups in total. The van der Waals surface area contributed by atoms with Crippen LogP contribution in [-0.2, 0) is 11.2 Å². The summed E-state index contributed by atoms with van der Waals surface area (Å²) in [6.07, 6.45) is 7.22. The molecule has 2 aliphatic carbocycles. The molecular formula is C23H34ClNO. The van der Waals surface area contributed by atoms with Gasteiger partial charge in [-0.25, -0.2) is 0 Å². The number of allylic oxidation sites excluding steroid dienone is 1. The first-order valence-corrected chi connectivity index (χ1v) is 10.7. The molecule has 4 unspecified atom stereocenters. The Morgan fingerprint density at radius 2 is 1.96 bits per heavy atom. The first-order chi connectivity index (χ1) is 12.5. The minimum absolute atomic E-state index is 0.325. The van der Waals surface area contributed by atoms with Crippen molar-refractivity contribution >= 4 is 11.6 Å². The summed E-state index contributed by atoms with van der Waals surface area (Å²) in [6.45, 7) is 7.55. The molecule has 3 rings (SSSR count). The molecule has 0 saturated heterocycles. The Labute approximate surface area is 164 Å². The van der Waals surface area contributed by atoms with Crippen LogP contribution in [0.5, 0.6) is 0 Å². The lowest BCUT2D eigenvalue weighted by molar-refractivity contribution is 0.0000598. The second-order valence-corrected chi connectivity index (χ2v) is 8.86. The van der Waals surface area contributed by atoms with Gasteiger partial charge in [0.25, 0.3) is 0 Å². The van der Waals surface area contributed by atoms with Gasteiger partial charge >= 0.3 is 0 Å². The Balaban J connectivity index is 1.67. The molecule has 2 aliphatic rings. The number of hydrogen-bond acceptors (Lipinski definition) is 2. The van der Waals surface area contributed by atoms with E-state index in [4.69, 9.17) is 22.1 Å². The van der Waals surface area contributed by atoms with Crippen molar-refractivity contribution in [2.24, 2.45) is 23.5 Å². The normalized spacial score (nSPS) is 30.2. The molecule has 1 aromatic rings. The molecule has 0 heterocycles. The Kier molecular flexibility index (Phi) is 6.82. The van der Waals surface area contributed by atoms with Gasteiger partial charge in [-0.3, -0.25) is 0 Å². The molecule has 0 radical (unpaired) electrons. The summed E-state index contributed by atoms with van der Waals surface area (Å²) in [5.41, 5.74) is 10.5. The van der Waals surface area contributed by atoms with Crippen LogP contribution >= 0.6 is 11.6 Å². The van der Waals surface area contributed by atoms with E-state index < -0.39 is 0 Å². The summed E-state index contributed by atoms with van der Waals surface area (Å²) in [5, 5.41) is 0.858. The molecule has 0 aromatic heterocycles. The van der Waals surface area contributed by atoms with Gasteiger partial charge in [0.15, 0.2) is 0 Å². The summed E-state index contributed by atoms with van der Waals surface area (Å²) in [4.78, 5) is 0. The van der Waals surface area contributed by atoms with Crippen molar-refractivity contribution < 1.29 is 4.74 Å². The molecule has 144 valence electrons. The molecule has 3 heteroatoms. The summed E-state index contributed by atoms with van der Waals surface area (Å²) in [7, 11) is 0. The highest BCUT2D eigenvalue weighted by molar-refractivity contribution is 6.31. The Morgan fingerprint density at radius 1 is 1.23 bits per heavy atom. The molecule has 1 aromatic carbocycles. The predicted molar refractivity (Wildman–Crippen MR) is 110 cm³/mol. The van der Waals surface area contributed by atoms with Gasteiger partial charge in [-0.1, -0.05) is 55.6 Å². The summed E-state index contributed by atoms with van der Waals surface area (Å²) >= 11 is 6.41. The molecule has 0 bridgehead atoms. The van der Waals surface area contributed by atoms with E-state index in [1.807, 2.05) is 12.1 Å². The summed E-state index contributed by atoms with van der Waals surface area (Å²) in [5.74, 6) is 1.89. The molecule has 0 spiro atoms. The fourth-order valence-corrected chi connectivity index (χ4v) is 4.60. The van der Waals surface area contributed by atoms with E-state index in [0.29, 0.717) is 24.0 Å². The second kappa shape index (κ2) is 8.91. The van der Waals surface area contributed by atoms with Crippen molar-refractivity contribution in [1.29, 1.82) is 0 Å². The van der Waals surface area contributed by atoms with Crippen LogP contribution in [0.1, 0.15) is 58.4 Å². The average molecular weight is 376 g/mol. The smallest absolute Gasteiger partial charge is 0.0686 e. The lowest BCUT2D eigenvalue weighted by Crippen LogP contribution is -2.44. The van der Waals surface area contributed by atoms with Gasteiger partial charge in [0, 0.05) is 11.1 Å². The minimum atomic E-state index is 0.325.